The van der Waals surface area contributed by atoms with Crippen LogP contribution in [-0.4, -0.2) is 25.4 Å². The second-order valence-electron chi connectivity index (χ2n) is 6.40. The summed E-state index contributed by atoms with van der Waals surface area (Å²) in [5.74, 6) is -0.168. The van der Waals surface area contributed by atoms with Gasteiger partial charge in [-0.2, -0.15) is 0 Å². The van der Waals surface area contributed by atoms with E-state index in [9.17, 15) is 9.59 Å². The average Bonchev–Trinajstić information content (AvgIpc) is 3.16. The van der Waals surface area contributed by atoms with Crippen molar-refractivity contribution in [2.45, 2.75) is 31.7 Å². The van der Waals surface area contributed by atoms with Crippen LogP contribution in [0, 0.1) is 5.92 Å². The first kappa shape index (κ1) is 14.7. The van der Waals surface area contributed by atoms with Gasteiger partial charge in [-0.1, -0.05) is 12.5 Å². The Morgan fingerprint density at radius 2 is 2.29 bits per heavy atom. The normalized spacial score (nSPS) is 21.8. The number of carbonyl (C=O) groups excluding carboxylic acids is 1. The van der Waals surface area contributed by atoms with Gasteiger partial charge in [-0.15, -0.1) is 0 Å². The molecule has 0 radical (unpaired) electrons. The number of rotatable bonds is 3. The zero-order chi connectivity index (χ0) is 16.7. The van der Waals surface area contributed by atoms with Gasteiger partial charge in [-0.3, -0.25) is 9.36 Å². The Kier molecular flexibility index (Phi) is 3.48. The number of amides is 1. The lowest BCUT2D eigenvalue weighted by molar-refractivity contribution is -0.113. The fraction of sp³-hybridized carbons (Fsp3) is 0.353. The van der Waals surface area contributed by atoms with Crippen molar-refractivity contribution in [1.29, 1.82) is 0 Å². The largest absolute Gasteiger partial charge is 0.366 e. The third kappa shape index (κ3) is 2.42. The number of imidazole rings is 1. The molecule has 4 rings (SSSR count). The van der Waals surface area contributed by atoms with E-state index in [2.05, 4.69) is 15.0 Å². The lowest BCUT2D eigenvalue weighted by Crippen LogP contribution is -2.26. The number of aromatic amines is 2. The van der Waals surface area contributed by atoms with E-state index >= 15 is 0 Å². The summed E-state index contributed by atoms with van der Waals surface area (Å²) < 4.78 is 1.86. The first-order valence-electron chi connectivity index (χ1n) is 8.17. The molecule has 0 unspecified atom stereocenters. The maximum absolute atomic E-state index is 12.6. The van der Waals surface area contributed by atoms with Gasteiger partial charge in [-0.25, -0.2) is 9.78 Å². The maximum atomic E-state index is 12.6. The fourth-order valence-electron chi connectivity index (χ4n) is 3.81. The third-order valence-electron chi connectivity index (χ3n) is 4.84. The lowest BCUT2D eigenvalue weighted by atomic mass is 9.85. The molecule has 1 aliphatic rings. The van der Waals surface area contributed by atoms with E-state index in [4.69, 9.17) is 5.73 Å². The summed E-state index contributed by atoms with van der Waals surface area (Å²) in [6.07, 6.45) is 10.6. The van der Waals surface area contributed by atoms with Crippen LogP contribution in [0.2, 0.25) is 0 Å². The molecule has 1 aliphatic carbocycles. The Morgan fingerprint density at radius 1 is 1.42 bits per heavy atom. The number of carbonyl (C=O) groups is 1. The van der Waals surface area contributed by atoms with Crippen LogP contribution in [0.3, 0.4) is 0 Å². The topological polar surface area (TPSA) is 110 Å². The minimum absolute atomic E-state index is 0.100. The zero-order valence-electron chi connectivity index (χ0n) is 13.2. The molecule has 3 heterocycles. The number of hydrogen-bond acceptors (Lipinski definition) is 3. The standard InChI is InChI=1S/C17H19N5O2/c18-14(23)5-4-10-2-1-3-11(8-10)22-15-12-6-7-19-16(12)20-9-13(15)21-17(22)24/h4-7,9-11H,1-3,8H2,(H2,18,23)(H,19,20)(H,21,24)/b5-4+/t10-,11-/m0/s1. The summed E-state index contributed by atoms with van der Waals surface area (Å²) >= 11 is 0. The molecule has 1 saturated carbocycles. The number of primary amides is 1. The molecular weight excluding hydrogens is 306 g/mol. The van der Waals surface area contributed by atoms with Crippen molar-refractivity contribution in [3.8, 4) is 0 Å². The minimum atomic E-state index is -0.429. The molecule has 0 spiro atoms. The molecule has 2 atom stereocenters. The molecular formula is C17H19N5O2. The first-order chi connectivity index (χ1) is 11.6. The number of fused-ring (bicyclic) bond motifs is 3. The molecule has 1 fully saturated rings. The SMILES string of the molecule is NC(=O)/C=C/[C@@H]1CCC[C@H](n2c(=O)[nH]c3cnc4[nH]ccc4c32)C1. The Bertz CT molecular complexity index is 993. The van der Waals surface area contributed by atoms with Gasteiger partial charge in [0.15, 0.2) is 0 Å². The van der Waals surface area contributed by atoms with Gasteiger partial charge in [0, 0.05) is 17.6 Å². The van der Waals surface area contributed by atoms with E-state index in [0.717, 1.165) is 47.8 Å². The monoisotopic (exact) mass is 325 g/mol. The van der Waals surface area contributed by atoms with E-state index in [1.807, 2.05) is 22.9 Å². The average molecular weight is 325 g/mol. The van der Waals surface area contributed by atoms with Gasteiger partial charge in [0.2, 0.25) is 5.91 Å². The molecule has 124 valence electrons. The number of H-pyrrole nitrogens is 2. The van der Waals surface area contributed by atoms with E-state index in [-0.39, 0.29) is 17.6 Å². The smallest absolute Gasteiger partial charge is 0.326 e. The summed E-state index contributed by atoms with van der Waals surface area (Å²) in [5.41, 5.74) is 7.51. The highest BCUT2D eigenvalue weighted by Gasteiger charge is 2.25. The predicted molar refractivity (Wildman–Crippen MR) is 91.5 cm³/mol. The molecule has 3 aromatic rings. The Hall–Kier alpha value is -2.83. The van der Waals surface area contributed by atoms with Crippen LogP contribution >= 0.6 is 0 Å². The van der Waals surface area contributed by atoms with Gasteiger partial charge < -0.3 is 15.7 Å². The molecule has 0 bridgehead atoms. The molecule has 7 heteroatoms. The predicted octanol–water partition coefficient (Wildman–Crippen LogP) is 1.98. The first-order valence-corrected chi connectivity index (χ1v) is 8.17. The maximum Gasteiger partial charge on any atom is 0.326 e. The van der Waals surface area contributed by atoms with Gasteiger partial charge in [0.1, 0.15) is 5.65 Å². The summed E-state index contributed by atoms with van der Waals surface area (Å²) in [6.45, 7) is 0. The lowest BCUT2D eigenvalue weighted by Gasteiger charge is -2.28. The van der Waals surface area contributed by atoms with Crippen LogP contribution < -0.4 is 11.4 Å². The van der Waals surface area contributed by atoms with Gasteiger partial charge in [0.25, 0.3) is 0 Å². The van der Waals surface area contributed by atoms with Crippen LogP contribution in [0.5, 0.6) is 0 Å². The summed E-state index contributed by atoms with van der Waals surface area (Å²) in [5, 5.41) is 0.945. The van der Waals surface area contributed by atoms with Gasteiger partial charge >= 0.3 is 5.69 Å². The molecule has 7 nitrogen and oxygen atoms in total. The molecule has 4 N–H and O–H groups in total. The van der Waals surface area contributed by atoms with E-state index in [1.54, 1.807) is 6.20 Å². The van der Waals surface area contributed by atoms with E-state index in [1.165, 1.54) is 6.08 Å². The number of nitrogens with zero attached hydrogens (tertiary/aromatic N) is 2. The summed E-state index contributed by atoms with van der Waals surface area (Å²) in [7, 11) is 0. The highest BCUT2D eigenvalue weighted by molar-refractivity contribution is 6.00. The number of aromatic nitrogens is 4. The van der Waals surface area contributed by atoms with Crippen molar-refractivity contribution in [2.75, 3.05) is 0 Å². The van der Waals surface area contributed by atoms with Crippen molar-refractivity contribution in [3.05, 3.63) is 41.1 Å². The van der Waals surface area contributed by atoms with Crippen LogP contribution in [0.25, 0.3) is 22.1 Å². The van der Waals surface area contributed by atoms with Crippen molar-refractivity contribution >= 4 is 28.0 Å². The Balaban J connectivity index is 1.78. The van der Waals surface area contributed by atoms with Crippen molar-refractivity contribution in [2.24, 2.45) is 11.7 Å². The number of hydrogen-bond donors (Lipinski definition) is 3. The molecule has 0 aliphatic heterocycles. The quantitative estimate of drug-likeness (QED) is 0.640. The summed E-state index contributed by atoms with van der Waals surface area (Å²) in [6, 6.07) is 2.05. The Morgan fingerprint density at radius 3 is 3.12 bits per heavy atom. The van der Waals surface area contributed by atoms with Gasteiger partial charge in [0.05, 0.1) is 17.2 Å². The fourth-order valence-corrected chi connectivity index (χ4v) is 3.81. The summed E-state index contributed by atoms with van der Waals surface area (Å²) in [4.78, 5) is 33.8. The van der Waals surface area contributed by atoms with Crippen molar-refractivity contribution < 1.29 is 4.79 Å². The highest BCUT2D eigenvalue weighted by Crippen LogP contribution is 2.35. The van der Waals surface area contributed by atoms with Crippen LogP contribution in [0.1, 0.15) is 31.7 Å². The van der Waals surface area contributed by atoms with Crippen molar-refractivity contribution in [1.82, 2.24) is 19.5 Å². The molecule has 3 aromatic heterocycles. The number of pyridine rings is 1. The highest BCUT2D eigenvalue weighted by atomic mass is 16.1. The minimum Gasteiger partial charge on any atom is -0.366 e. The number of allylic oxidation sites excluding steroid dienone is 1. The van der Waals surface area contributed by atoms with Gasteiger partial charge in [-0.05, 0) is 37.3 Å². The Labute approximate surface area is 137 Å². The van der Waals surface area contributed by atoms with Crippen LogP contribution in [0.4, 0.5) is 0 Å². The second-order valence-corrected chi connectivity index (χ2v) is 6.40. The van der Waals surface area contributed by atoms with Crippen LogP contribution in [-0.2, 0) is 4.79 Å². The van der Waals surface area contributed by atoms with Crippen LogP contribution in [0.15, 0.2) is 35.4 Å². The number of nitrogens with two attached hydrogens (primary N) is 1. The van der Waals surface area contributed by atoms with E-state index < -0.39 is 5.91 Å². The molecule has 24 heavy (non-hydrogen) atoms. The second kappa shape index (κ2) is 5.67. The molecule has 0 saturated heterocycles. The molecule has 1 amide bonds. The molecule has 0 aromatic carbocycles. The zero-order valence-corrected chi connectivity index (χ0v) is 13.2. The number of nitrogens with one attached hydrogen (secondary N) is 2. The van der Waals surface area contributed by atoms with E-state index in [0.29, 0.717) is 0 Å². The third-order valence-corrected chi connectivity index (χ3v) is 4.84. The van der Waals surface area contributed by atoms with Crippen molar-refractivity contribution in [3.63, 3.8) is 0 Å².